The maximum Gasteiger partial charge on any atom is 0.226 e. The Bertz CT molecular complexity index is 685. The van der Waals surface area contributed by atoms with Gasteiger partial charge in [0.15, 0.2) is 0 Å². The topological polar surface area (TPSA) is 32.8 Å². The Balaban J connectivity index is 1.39. The molecule has 132 valence electrons. The van der Waals surface area contributed by atoms with Crippen molar-refractivity contribution < 1.29 is 9.53 Å². The number of hydrogen-bond donors (Lipinski definition) is 0. The zero-order valence-electron chi connectivity index (χ0n) is 14.2. The van der Waals surface area contributed by atoms with E-state index in [1.54, 1.807) is 0 Å². The first-order valence-corrected chi connectivity index (χ1v) is 9.01. The smallest absolute Gasteiger partial charge is 0.226 e. The molecule has 3 rings (SSSR count). The number of ether oxygens (including phenoxy) is 1. The van der Waals surface area contributed by atoms with Gasteiger partial charge in [0.1, 0.15) is 5.75 Å². The van der Waals surface area contributed by atoms with Crippen LogP contribution in [0.5, 0.6) is 5.75 Å². The van der Waals surface area contributed by atoms with Gasteiger partial charge in [0, 0.05) is 37.7 Å². The van der Waals surface area contributed by atoms with Gasteiger partial charge >= 0.3 is 0 Å². The van der Waals surface area contributed by atoms with Crippen LogP contribution in [0.3, 0.4) is 0 Å². The summed E-state index contributed by atoms with van der Waals surface area (Å²) in [5.41, 5.74) is 1.14. The molecule has 0 atom stereocenters. The molecule has 5 heteroatoms. The predicted octanol–water partition coefficient (Wildman–Crippen LogP) is 3.45. The number of amides is 1. The van der Waals surface area contributed by atoms with E-state index < -0.39 is 0 Å². The first kappa shape index (κ1) is 17.8. The minimum atomic E-state index is 0.160. The third-order valence-corrected chi connectivity index (χ3v) is 4.77. The normalized spacial score (nSPS) is 15.2. The Kier molecular flexibility index (Phi) is 6.31. The Labute approximate surface area is 154 Å². The van der Waals surface area contributed by atoms with Gasteiger partial charge in [0.2, 0.25) is 5.91 Å². The summed E-state index contributed by atoms with van der Waals surface area (Å²) in [5.74, 6) is 0.966. The second-order valence-corrected chi connectivity index (χ2v) is 6.57. The fourth-order valence-corrected chi connectivity index (χ4v) is 3.15. The number of para-hydroxylation sites is 1. The highest BCUT2D eigenvalue weighted by Crippen LogP contribution is 2.18. The first-order valence-electron chi connectivity index (χ1n) is 8.64. The molecule has 25 heavy (non-hydrogen) atoms. The van der Waals surface area contributed by atoms with Gasteiger partial charge in [-0.3, -0.25) is 9.69 Å². The largest absolute Gasteiger partial charge is 0.493 e. The molecule has 1 heterocycles. The molecule has 0 aromatic heterocycles. The number of carbonyl (C=O) groups excluding carboxylic acids is 1. The second kappa shape index (κ2) is 8.88. The van der Waals surface area contributed by atoms with E-state index in [-0.39, 0.29) is 5.91 Å². The van der Waals surface area contributed by atoms with Gasteiger partial charge in [-0.1, -0.05) is 48.0 Å². The molecular weight excluding hydrogens is 336 g/mol. The summed E-state index contributed by atoms with van der Waals surface area (Å²) >= 11 is 6.23. The SMILES string of the molecule is O=C(CCOc1ccccc1)N1CCN(Cc2ccccc2Cl)CC1. The van der Waals surface area contributed by atoms with Gasteiger partial charge in [0.05, 0.1) is 13.0 Å². The molecule has 1 amide bonds. The monoisotopic (exact) mass is 358 g/mol. The van der Waals surface area contributed by atoms with Crippen molar-refractivity contribution in [2.75, 3.05) is 32.8 Å². The lowest BCUT2D eigenvalue weighted by Gasteiger charge is -2.35. The van der Waals surface area contributed by atoms with Crippen LogP contribution in [0, 0.1) is 0 Å². The number of halogens is 1. The van der Waals surface area contributed by atoms with Crippen LogP contribution in [0.15, 0.2) is 54.6 Å². The molecule has 0 aliphatic carbocycles. The van der Waals surface area contributed by atoms with Crippen molar-refractivity contribution in [1.29, 1.82) is 0 Å². The summed E-state index contributed by atoms with van der Waals surface area (Å²) in [4.78, 5) is 16.6. The third-order valence-electron chi connectivity index (χ3n) is 4.40. The molecular formula is C20H23ClN2O2. The highest BCUT2D eigenvalue weighted by molar-refractivity contribution is 6.31. The van der Waals surface area contributed by atoms with Crippen LogP contribution >= 0.6 is 11.6 Å². The molecule has 1 fully saturated rings. The Hall–Kier alpha value is -2.04. The third kappa shape index (κ3) is 5.21. The molecule has 2 aromatic rings. The number of piperazine rings is 1. The lowest BCUT2D eigenvalue weighted by molar-refractivity contribution is -0.133. The van der Waals surface area contributed by atoms with Crippen LogP contribution in [0.4, 0.5) is 0 Å². The summed E-state index contributed by atoms with van der Waals surface area (Å²) in [6.07, 6.45) is 0.416. The highest BCUT2D eigenvalue weighted by Gasteiger charge is 2.21. The lowest BCUT2D eigenvalue weighted by Crippen LogP contribution is -2.48. The Morgan fingerprint density at radius 3 is 2.36 bits per heavy atom. The molecule has 0 N–H and O–H groups in total. The average molecular weight is 359 g/mol. The van der Waals surface area contributed by atoms with Crippen molar-refractivity contribution >= 4 is 17.5 Å². The maximum atomic E-state index is 12.3. The summed E-state index contributed by atoms with van der Waals surface area (Å²) < 4.78 is 5.61. The molecule has 1 aliphatic rings. The lowest BCUT2D eigenvalue weighted by atomic mass is 10.2. The maximum absolute atomic E-state index is 12.3. The van der Waals surface area contributed by atoms with Gasteiger partial charge in [-0.25, -0.2) is 0 Å². The van der Waals surface area contributed by atoms with Gasteiger partial charge in [-0.05, 0) is 23.8 Å². The van der Waals surface area contributed by atoms with E-state index in [1.165, 1.54) is 0 Å². The van der Waals surface area contributed by atoms with E-state index in [9.17, 15) is 4.79 Å². The zero-order chi connectivity index (χ0) is 17.5. The fraction of sp³-hybridized carbons (Fsp3) is 0.350. The van der Waals surface area contributed by atoms with Gasteiger partial charge in [-0.15, -0.1) is 0 Å². The molecule has 0 bridgehead atoms. The number of benzene rings is 2. The molecule has 2 aromatic carbocycles. The summed E-state index contributed by atoms with van der Waals surface area (Å²) in [5, 5.41) is 0.805. The number of hydrogen-bond acceptors (Lipinski definition) is 3. The van der Waals surface area contributed by atoms with Crippen molar-refractivity contribution in [1.82, 2.24) is 9.80 Å². The van der Waals surface area contributed by atoms with Gasteiger partial charge in [-0.2, -0.15) is 0 Å². The quantitative estimate of drug-likeness (QED) is 0.792. The fourth-order valence-electron chi connectivity index (χ4n) is 2.95. The van der Waals surface area contributed by atoms with E-state index in [0.717, 1.165) is 49.1 Å². The summed E-state index contributed by atoms with van der Waals surface area (Å²) in [6, 6.07) is 17.5. The van der Waals surface area contributed by atoms with Crippen LogP contribution < -0.4 is 4.74 Å². The van der Waals surface area contributed by atoms with Crippen molar-refractivity contribution in [3.8, 4) is 5.75 Å². The highest BCUT2D eigenvalue weighted by atomic mass is 35.5. The minimum absolute atomic E-state index is 0.160. The van der Waals surface area contributed by atoms with E-state index in [1.807, 2.05) is 53.4 Å². The predicted molar refractivity (Wildman–Crippen MR) is 99.9 cm³/mol. The zero-order valence-corrected chi connectivity index (χ0v) is 15.0. The van der Waals surface area contributed by atoms with E-state index in [0.29, 0.717) is 13.0 Å². The van der Waals surface area contributed by atoms with Gasteiger partial charge < -0.3 is 9.64 Å². The number of rotatable bonds is 6. The van der Waals surface area contributed by atoms with E-state index in [2.05, 4.69) is 11.0 Å². The van der Waals surface area contributed by atoms with Crippen molar-refractivity contribution in [2.24, 2.45) is 0 Å². The molecule has 4 nitrogen and oxygen atoms in total. The molecule has 1 aliphatic heterocycles. The standard InChI is InChI=1S/C20H23ClN2O2/c21-19-9-5-4-6-17(19)16-22-11-13-23(14-12-22)20(24)10-15-25-18-7-2-1-3-8-18/h1-9H,10-16H2. The molecule has 0 radical (unpaired) electrons. The first-order chi connectivity index (χ1) is 12.2. The number of nitrogens with zero attached hydrogens (tertiary/aromatic N) is 2. The summed E-state index contributed by atoms with van der Waals surface area (Å²) in [6.45, 7) is 4.51. The van der Waals surface area contributed by atoms with E-state index >= 15 is 0 Å². The average Bonchev–Trinajstić information content (AvgIpc) is 2.65. The molecule has 0 unspecified atom stereocenters. The van der Waals surface area contributed by atoms with Gasteiger partial charge in [0.25, 0.3) is 0 Å². The van der Waals surface area contributed by atoms with Crippen molar-refractivity contribution in [3.63, 3.8) is 0 Å². The number of carbonyl (C=O) groups is 1. The Morgan fingerprint density at radius 2 is 1.64 bits per heavy atom. The van der Waals surface area contributed by atoms with Crippen LogP contribution in [0.2, 0.25) is 5.02 Å². The van der Waals surface area contributed by atoms with Crippen LogP contribution in [0.25, 0.3) is 0 Å². The molecule has 0 saturated carbocycles. The van der Waals surface area contributed by atoms with Crippen molar-refractivity contribution in [2.45, 2.75) is 13.0 Å². The van der Waals surface area contributed by atoms with Crippen LogP contribution in [-0.2, 0) is 11.3 Å². The second-order valence-electron chi connectivity index (χ2n) is 6.16. The molecule has 1 saturated heterocycles. The van der Waals surface area contributed by atoms with Crippen LogP contribution in [-0.4, -0.2) is 48.5 Å². The van der Waals surface area contributed by atoms with Crippen LogP contribution in [0.1, 0.15) is 12.0 Å². The molecule has 0 spiro atoms. The minimum Gasteiger partial charge on any atom is -0.493 e. The Morgan fingerprint density at radius 1 is 0.960 bits per heavy atom. The van der Waals surface area contributed by atoms with E-state index in [4.69, 9.17) is 16.3 Å². The van der Waals surface area contributed by atoms with Crippen molar-refractivity contribution in [3.05, 3.63) is 65.2 Å². The summed E-state index contributed by atoms with van der Waals surface area (Å²) in [7, 11) is 0.